The minimum Gasteiger partial charge on any atom is -0.335 e. The highest BCUT2D eigenvalue weighted by atomic mass is 35.5. The third-order valence-corrected chi connectivity index (χ3v) is 6.08. The molecule has 0 aromatic heterocycles. The molecule has 0 saturated carbocycles. The zero-order valence-electron chi connectivity index (χ0n) is 15.7. The van der Waals surface area contributed by atoms with Crippen LogP contribution in [0.15, 0.2) is 18.2 Å². The topological polar surface area (TPSA) is 43.9 Å². The predicted octanol–water partition coefficient (Wildman–Crippen LogP) is 3.23. The first-order valence-corrected chi connectivity index (χ1v) is 10.2. The number of carbonyl (C=O) groups is 2. The van der Waals surface area contributed by atoms with Gasteiger partial charge in [-0.15, -0.1) is 0 Å². The van der Waals surface area contributed by atoms with Crippen LogP contribution in [0, 0.1) is 0 Å². The number of hydrogen-bond donors (Lipinski definition) is 0. The Morgan fingerprint density at radius 1 is 1.03 bits per heavy atom. The van der Waals surface area contributed by atoms with E-state index in [1.54, 1.807) is 23.1 Å². The number of hydrogen-bond acceptors (Lipinski definition) is 3. The summed E-state index contributed by atoms with van der Waals surface area (Å²) in [5.41, 5.74) is 0.679. The van der Waals surface area contributed by atoms with Crippen molar-refractivity contribution in [3.8, 4) is 0 Å². The molecule has 2 aliphatic heterocycles. The van der Waals surface area contributed by atoms with Crippen molar-refractivity contribution < 1.29 is 22.8 Å². The van der Waals surface area contributed by atoms with Gasteiger partial charge in [0, 0.05) is 26.2 Å². The van der Waals surface area contributed by atoms with Crippen LogP contribution >= 0.6 is 23.2 Å². The Balaban J connectivity index is 1.73. The Hall–Kier alpha value is -1.51. The van der Waals surface area contributed by atoms with Gasteiger partial charge in [0.25, 0.3) is 0 Å². The number of alkyl halides is 3. The first-order chi connectivity index (χ1) is 13.6. The van der Waals surface area contributed by atoms with Crippen molar-refractivity contribution in [2.75, 3.05) is 39.3 Å². The zero-order valence-corrected chi connectivity index (χ0v) is 17.2. The second-order valence-corrected chi connectivity index (χ2v) is 8.24. The summed E-state index contributed by atoms with van der Waals surface area (Å²) < 4.78 is 38.6. The molecule has 0 spiro atoms. The van der Waals surface area contributed by atoms with Crippen LogP contribution in [0.3, 0.4) is 0 Å². The first kappa shape index (κ1) is 22.2. The number of amides is 2. The van der Waals surface area contributed by atoms with E-state index in [1.165, 1.54) is 0 Å². The highest BCUT2D eigenvalue weighted by Gasteiger charge is 2.45. The third-order valence-electron chi connectivity index (χ3n) is 5.34. The Morgan fingerprint density at radius 3 is 2.34 bits per heavy atom. The maximum Gasteiger partial charge on any atom is 0.471 e. The Bertz CT molecular complexity index is 770. The molecule has 2 heterocycles. The van der Waals surface area contributed by atoms with Crippen molar-refractivity contribution in [1.82, 2.24) is 14.7 Å². The fraction of sp³-hybridized carbons (Fsp3) is 0.579. The maximum atomic E-state index is 12.9. The summed E-state index contributed by atoms with van der Waals surface area (Å²) >= 11 is 11.9. The third kappa shape index (κ3) is 5.55. The van der Waals surface area contributed by atoms with E-state index in [0.717, 1.165) is 30.8 Å². The molecule has 160 valence electrons. The molecule has 0 N–H and O–H groups in total. The fourth-order valence-corrected chi connectivity index (χ4v) is 4.21. The van der Waals surface area contributed by atoms with Crippen LogP contribution in [-0.2, 0) is 16.0 Å². The first-order valence-electron chi connectivity index (χ1n) is 9.47. The number of piperazine rings is 1. The van der Waals surface area contributed by atoms with Gasteiger partial charge in [0.05, 0.1) is 22.5 Å². The molecule has 2 saturated heterocycles. The smallest absolute Gasteiger partial charge is 0.335 e. The van der Waals surface area contributed by atoms with E-state index in [-0.39, 0.29) is 32.0 Å². The fourth-order valence-electron chi connectivity index (χ4n) is 3.89. The van der Waals surface area contributed by atoms with Gasteiger partial charge in [-0.3, -0.25) is 9.59 Å². The molecular weight excluding hydrogens is 430 g/mol. The standard InChI is InChI=1S/C19H22Cl2F3N3O2/c20-15-4-3-13(9-16(15)21)10-17(28)27-8-7-26(18(29)19(22,23)24)12-14(27)11-25-5-1-2-6-25/h3-4,9,14H,1-2,5-8,10-12H2. The quantitative estimate of drug-likeness (QED) is 0.705. The normalized spacial score (nSPS) is 20.9. The van der Waals surface area contributed by atoms with E-state index in [2.05, 4.69) is 4.90 Å². The number of nitrogens with zero attached hydrogens (tertiary/aromatic N) is 3. The summed E-state index contributed by atoms with van der Waals surface area (Å²) in [6.45, 7) is 1.95. The zero-order chi connectivity index (χ0) is 21.2. The van der Waals surface area contributed by atoms with E-state index in [4.69, 9.17) is 23.2 Å². The largest absolute Gasteiger partial charge is 0.471 e. The average Bonchev–Trinajstić information content (AvgIpc) is 3.16. The lowest BCUT2D eigenvalue weighted by atomic mass is 10.1. The number of benzene rings is 1. The van der Waals surface area contributed by atoms with Crippen LogP contribution < -0.4 is 0 Å². The van der Waals surface area contributed by atoms with E-state index < -0.39 is 18.1 Å². The lowest BCUT2D eigenvalue weighted by molar-refractivity contribution is -0.188. The van der Waals surface area contributed by atoms with Crippen molar-refractivity contribution >= 4 is 35.0 Å². The number of halogens is 5. The molecule has 1 aromatic rings. The Morgan fingerprint density at radius 2 is 1.72 bits per heavy atom. The van der Waals surface area contributed by atoms with Gasteiger partial charge < -0.3 is 14.7 Å². The van der Waals surface area contributed by atoms with E-state index in [1.807, 2.05) is 0 Å². The van der Waals surface area contributed by atoms with Gasteiger partial charge in [-0.1, -0.05) is 29.3 Å². The summed E-state index contributed by atoms with van der Waals surface area (Å²) in [7, 11) is 0. The summed E-state index contributed by atoms with van der Waals surface area (Å²) in [5.74, 6) is -2.05. The molecule has 0 radical (unpaired) electrons. The van der Waals surface area contributed by atoms with Crippen LogP contribution in [0.4, 0.5) is 13.2 Å². The van der Waals surface area contributed by atoms with Crippen molar-refractivity contribution in [2.45, 2.75) is 31.5 Å². The molecule has 2 aliphatic rings. The summed E-state index contributed by atoms with van der Waals surface area (Å²) in [6.07, 6.45) is -2.80. The predicted molar refractivity (Wildman–Crippen MR) is 104 cm³/mol. The van der Waals surface area contributed by atoms with Crippen molar-refractivity contribution in [3.63, 3.8) is 0 Å². The summed E-state index contributed by atoms with van der Waals surface area (Å²) in [5, 5.41) is 0.722. The van der Waals surface area contributed by atoms with Gasteiger partial charge in [0.2, 0.25) is 5.91 Å². The maximum absolute atomic E-state index is 12.9. The molecular formula is C19H22Cl2F3N3O2. The van der Waals surface area contributed by atoms with Crippen LogP contribution in [-0.4, -0.2) is 78.0 Å². The molecule has 2 amide bonds. The number of rotatable bonds is 4. The minimum atomic E-state index is -4.91. The molecule has 5 nitrogen and oxygen atoms in total. The molecule has 0 aliphatic carbocycles. The second kappa shape index (κ2) is 9.10. The van der Waals surface area contributed by atoms with Gasteiger partial charge >= 0.3 is 12.1 Å². The van der Waals surface area contributed by atoms with Gasteiger partial charge in [-0.25, -0.2) is 0 Å². The molecule has 29 heavy (non-hydrogen) atoms. The second-order valence-electron chi connectivity index (χ2n) is 7.42. The van der Waals surface area contributed by atoms with Crippen LogP contribution in [0.25, 0.3) is 0 Å². The average molecular weight is 452 g/mol. The van der Waals surface area contributed by atoms with Crippen LogP contribution in [0.2, 0.25) is 10.0 Å². The minimum absolute atomic E-state index is 0.0699. The summed E-state index contributed by atoms with van der Waals surface area (Å²) in [6, 6.07) is 4.43. The Kier molecular flexibility index (Phi) is 6.96. The van der Waals surface area contributed by atoms with Gasteiger partial charge in [0.1, 0.15) is 0 Å². The van der Waals surface area contributed by atoms with Crippen molar-refractivity contribution in [2.24, 2.45) is 0 Å². The molecule has 2 fully saturated rings. The monoisotopic (exact) mass is 451 g/mol. The molecule has 3 rings (SSSR count). The van der Waals surface area contributed by atoms with E-state index >= 15 is 0 Å². The van der Waals surface area contributed by atoms with E-state index in [9.17, 15) is 22.8 Å². The van der Waals surface area contributed by atoms with E-state index in [0.29, 0.717) is 22.2 Å². The van der Waals surface area contributed by atoms with Crippen molar-refractivity contribution in [3.05, 3.63) is 33.8 Å². The summed E-state index contributed by atoms with van der Waals surface area (Å²) in [4.78, 5) is 29.2. The lowest BCUT2D eigenvalue weighted by Crippen LogP contribution is -2.61. The molecule has 0 bridgehead atoms. The molecule has 1 aromatic carbocycles. The van der Waals surface area contributed by atoms with Gasteiger partial charge in [0.15, 0.2) is 0 Å². The van der Waals surface area contributed by atoms with Crippen LogP contribution in [0.1, 0.15) is 18.4 Å². The molecule has 10 heteroatoms. The molecule has 1 unspecified atom stereocenters. The van der Waals surface area contributed by atoms with Gasteiger partial charge in [-0.05, 0) is 43.6 Å². The van der Waals surface area contributed by atoms with Crippen LogP contribution in [0.5, 0.6) is 0 Å². The number of likely N-dealkylation sites (tertiary alicyclic amines) is 1. The number of carbonyl (C=O) groups excluding carboxylic acids is 2. The lowest BCUT2D eigenvalue weighted by Gasteiger charge is -2.43. The Labute approximate surface area is 177 Å². The SMILES string of the molecule is O=C(Cc1ccc(Cl)c(Cl)c1)N1CCN(C(=O)C(F)(F)F)CC1CN1CCCC1. The highest BCUT2D eigenvalue weighted by molar-refractivity contribution is 6.42. The van der Waals surface area contributed by atoms with Gasteiger partial charge in [-0.2, -0.15) is 13.2 Å². The highest BCUT2D eigenvalue weighted by Crippen LogP contribution is 2.25. The van der Waals surface area contributed by atoms with Crippen molar-refractivity contribution in [1.29, 1.82) is 0 Å². The molecule has 1 atom stereocenters.